The molecule has 0 atom stereocenters. The summed E-state index contributed by atoms with van der Waals surface area (Å²) >= 11 is 0. The van der Waals surface area contributed by atoms with Crippen LogP contribution in [0.1, 0.15) is 22.8 Å². The summed E-state index contributed by atoms with van der Waals surface area (Å²) in [5.41, 5.74) is 3.69. The Bertz CT molecular complexity index is 1230. The van der Waals surface area contributed by atoms with Crippen LogP contribution in [0.3, 0.4) is 0 Å². The number of nitro benzene ring substituents is 1. The number of hydrogen-bond acceptors (Lipinski definition) is 3. The third-order valence-electron chi connectivity index (χ3n) is 4.90. The summed E-state index contributed by atoms with van der Waals surface area (Å²) in [6, 6.07) is 20.1. The number of nitro groups is 1. The molecule has 5 heteroatoms. The van der Waals surface area contributed by atoms with Crippen LogP contribution in [0.2, 0.25) is 0 Å². The fourth-order valence-electron chi connectivity index (χ4n) is 3.53. The number of hydrogen-bond donors (Lipinski definition) is 0. The number of allylic oxidation sites excluding steroid dienone is 1. The van der Waals surface area contributed by atoms with Gasteiger partial charge >= 0.3 is 0 Å². The first-order valence-corrected chi connectivity index (χ1v) is 9.06. The first-order chi connectivity index (χ1) is 13.6. The maximum Gasteiger partial charge on any atom is 0.269 e. The van der Waals surface area contributed by atoms with Crippen molar-refractivity contribution in [3.05, 3.63) is 94.0 Å². The summed E-state index contributed by atoms with van der Waals surface area (Å²) in [7, 11) is 0. The van der Waals surface area contributed by atoms with Crippen LogP contribution < -0.4 is 0 Å². The molecule has 0 aliphatic carbocycles. The van der Waals surface area contributed by atoms with Gasteiger partial charge < -0.3 is 4.57 Å². The molecule has 0 fully saturated rings. The number of aromatic nitrogens is 1. The first kappa shape index (κ1) is 17.7. The van der Waals surface area contributed by atoms with Gasteiger partial charge in [-0.3, -0.25) is 14.9 Å². The third kappa shape index (κ3) is 3.07. The van der Waals surface area contributed by atoms with Crippen LogP contribution in [0.4, 0.5) is 5.69 Å². The van der Waals surface area contributed by atoms with Crippen molar-refractivity contribution < 1.29 is 9.72 Å². The van der Waals surface area contributed by atoms with Gasteiger partial charge in [-0.25, -0.2) is 0 Å². The van der Waals surface area contributed by atoms with E-state index in [9.17, 15) is 14.9 Å². The zero-order chi connectivity index (χ0) is 19.7. The summed E-state index contributed by atoms with van der Waals surface area (Å²) in [6.45, 7) is 3.01. The van der Waals surface area contributed by atoms with Crippen LogP contribution in [0, 0.1) is 10.1 Å². The van der Waals surface area contributed by atoms with Crippen molar-refractivity contribution in [2.75, 3.05) is 0 Å². The highest BCUT2D eigenvalue weighted by atomic mass is 16.6. The maximum atomic E-state index is 12.4. The number of para-hydroxylation sites is 1. The highest BCUT2D eigenvalue weighted by molar-refractivity contribution is 6.10. The molecule has 0 unspecified atom stereocenters. The van der Waals surface area contributed by atoms with Crippen LogP contribution in [0.5, 0.6) is 0 Å². The fraction of sp³-hybridized carbons (Fsp3) is 0.0870. The highest BCUT2D eigenvalue weighted by Crippen LogP contribution is 2.30. The lowest BCUT2D eigenvalue weighted by molar-refractivity contribution is -0.384. The molecule has 3 aromatic carbocycles. The van der Waals surface area contributed by atoms with E-state index in [1.165, 1.54) is 46.8 Å². The van der Waals surface area contributed by atoms with Crippen LogP contribution in [0.25, 0.3) is 27.9 Å². The number of ketones is 1. The van der Waals surface area contributed by atoms with E-state index < -0.39 is 4.92 Å². The van der Waals surface area contributed by atoms with Crippen LogP contribution in [-0.4, -0.2) is 15.3 Å². The lowest BCUT2D eigenvalue weighted by Gasteiger charge is -2.02. The summed E-state index contributed by atoms with van der Waals surface area (Å²) in [5.74, 6) is -0.189. The zero-order valence-electron chi connectivity index (χ0n) is 15.3. The number of carbonyl (C=O) groups is 1. The molecule has 0 aliphatic rings. The van der Waals surface area contributed by atoms with E-state index in [4.69, 9.17) is 0 Å². The maximum absolute atomic E-state index is 12.4. The number of fused-ring (bicyclic) bond motifs is 3. The summed E-state index contributed by atoms with van der Waals surface area (Å²) < 4.78 is 2.28. The average Bonchev–Trinajstić information content (AvgIpc) is 3.05. The molecule has 5 nitrogen and oxygen atoms in total. The van der Waals surface area contributed by atoms with E-state index in [0.717, 1.165) is 17.5 Å². The molecule has 28 heavy (non-hydrogen) atoms. The predicted molar refractivity (Wildman–Crippen MR) is 112 cm³/mol. The molecule has 0 saturated carbocycles. The van der Waals surface area contributed by atoms with E-state index in [1.807, 2.05) is 18.2 Å². The van der Waals surface area contributed by atoms with Gasteiger partial charge in [-0.2, -0.15) is 0 Å². The predicted octanol–water partition coefficient (Wildman–Crippen LogP) is 5.62. The number of aryl methyl sites for hydroxylation is 1. The molecule has 4 rings (SSSR count). The molecule has 1 aromatic heterocycles. The Hall–Kier alpha value is -3.73. The second-order valence-electron chi connectivity index (χ2n) is 6.54. The Kier molecular flexibility index (Phi) is 4.49. The Morgan fingerprint density at radius 2 is 1.71 bits per heavy atom. The Balaban J connectivity index is 1.67. The largest absolute Gasteiger partial charge is 0.341 e. The smallest absolute Gasteiger partial charge is 0.269 e. The molecule has 4 aromatic rings. The van der Waals surface area contributed by atoms with Crippen molar-refractivity contribution in [3.63, 3.8) is 0 Å². The van der Waals surface area contributed by atoms with E-state index in [0.29, 0.717) is 5.56 Å². The molecule has 1 heterocycles. The summed E-state index contributed by atoms with van der Waals surface area (Å²) in [4.78, 5) is 22.6. The van der Waals surface area contributed by atoms with E-state index in [2.05, 4.69) is 35.8 Å². The third-order valence-corrected chi connectivity index (χ3v) is 4.90. The van der Waals surface area contributed by atoms with Gasteiger partial charge in [0.05, 0.1) is 4.92 Å². The highest BCUT2D eigenvalue weighted by Gasteiger charge is 2.10. The van der Waals surface area contributed by atoms with E-state index in [1.54, 1.807) is 6.08 Å². The zero-order valence-corrected chi connectivity index (χ0v) is 15.3. The van der Waals surface area contributed by atoms with Crippen molar-refractivity contribution in [1.82, 2.24) is 4.57 Å². The van der Waals surface area contributed by atoms with Crippen molar-refractivity contribution >= 4 is 39.4 Å². The van der Waals surface area contributed by atoms with Gasteiger partial charge in [-0.05, 0) is 48.9 Å². The van der Waals surface area contributed by atoms with Crippen LogP contribution in [0.15, 0.2) is 72.8 Å². The monoisotopic (exact) mass is 370 g/mol. The number of rotatable bonds is 5. The Morgan fingerprint density at radius 3 is 2.43 bits per heavy atom. The molecule has 138 valence electrons. The van der Waals surface area contributed by atoms with Gasteiger partial charge in [0, 0.05) is 46.0 Å². The molecule has 0 aliphatic heterocycles. The summed E-state index contributed by atoms with van der Waals surface area (Å²) in [5, 5.41) is 13.1. The van der Waals surface area contributed by atoms with Gasteiger partial charge in [0.2, 0.25) is 0 Å². The van der Waals surface area contributed by atoms with Gasteiger partial charge in [0.25, 0.3) is 5.69 Å². The quantitative estimate of drug-likeness (QED) is 0.198. The molecular weight excluding hydrogens is 352 g/mol. The number of benzene rings is 3. The molecule has 0 saturated heterocycles. The van der Waals surface area contributed by atoms with E-state index in [-0.39, 0.29) is 11.5 Å². The first-order valence-electron chi connectivity index (χ1n) is 9.06. The van der Waals surface area contributed by atoms with Gasteiger partial charge in [-0.1, -0.05) is 30.3 Å². The molecule has 0 spiro atoms. The Morgan fingerprint density at radius 1 is 1.00 bits per heavy atom. The number of carbonyl (C=O) groups excluding carboxylic acids is 1. The summed E-state index contributed by atoms with van der Waals surface area (Å²) in [6.07, 6.45) is 3.28. The van der Waals surface area contributed by atoms with Gasteiger partial charge in [0.15, 0.2) is 5.78 Å². The topological polar surface area (TPSA) is 65.1 Å². The van der Waals surface area contributed by atoms with Crippen LogP contribution >= 0.6 is 0 Å². The molecule has 0 radical (unpaired) electrons. The molecule has 0 N–H and O–H groups in total. The second kappa shape index (κ2) is 7.12. The minimum Gasteiger partial charge on any atom is -0.341 e. The standard InChI is InChI=1S/C23H18N2O3/c1-2-24-21-6-4-3-5-19(21)20-15-16(7-13-22(20)24)8-14-23(26)17-9-11-18(12-10-17)25(27)28/h3-15H,2H2,1H3. The molecule has 0 amide bonds. The Labute approximate surface area is 161 Å². The van der Waals surface area contributed by atoms with Crippen molar-refractivity contribution in [1.29, 1.82) is 0 Å². The average molecular weight is 370 g/mol. The second-order valence-corrected chi connectivity index (χ2v) is 6.54. The van der Waals surface area contributed by atoms with Gasteiger partial charge in [0.1, 0.15) is 0 Å². The minimum atomic E-state index is -0.480. The van der Waals surface area contributed by atoms with Crippen molar-refractivity contribution in [2.45, 2.75) is 13.5 Å². The number of non-ortho nitro benzene ring substituents is 1. The molecule has 0 bridgehead atoms. The van der Waals surface area contributed by atoms with Crippen LogP contribution in [-0.2, 0) is 6.54 Å². The fourth-order valence-corrected chi connectivity index (χ4v) is 3.53. The number of nitrogens with zero attached hydrogens (tertiary/aromatic N) is 2. The van der Waals surface area contributed by atoms with Crippen molar-refractivity contribution in [2.24, 2.45) is 0 Å². The van der Waals surface area contributed by atoms with E-state index >= 15 is 0 Å². The molecular formula is C23H18N2O3. The normalized spacial score (nSPS) is 11.5. The lowest BCUT2D eigenvalue weighted by atomic mass is 10.1. The SMILES string of the molecule is CCn1c2ccccc2c2cc(C=CC(=O)c3ccc([N+](=O)[O-])cc3)ccc21. The van der Waals surface area contributed by atoms with Crippen molar-refractivity contribution in [3.8, 4) is 0 Å². The minimum absolute atomic E-state index is 0.0294. The van der Waals surface area contributed by atoms with Gasteiger partial charge in [-0.15, -0.1) is 0 Å². The lowest BCUT2D eigenvalue weighted by Crippen LogP contribution is -1.95.